The third-order valence-electron chi connectivity index (χ3n) is 4.63. The molecule has 3 nitrogen and oxygen atoms in total. The Hall–Kier alpha value is -1.84. The van der Waals surface area contributed by atoms with Gasteiger partial charge in [0.15, 0.2) is 0 Å². The second-order valence-electron chi connectivity index (χ2n) is 6.38. The quantitative estimate of drug-likeness (QED) is 0.889. The number of aliphatic hydroxyl groups is 1. The maximum absolute atomic E-state index is 10.5. The number of piperidine rings is 1. The van der Waals surface area contributed by atoms with E-state index in [1.807, 2.05) is 6.07 Å². The normalized spacial score (nSPS) is 22.0. The van der Waals surface area contributed by atoms with Gasteiger partial charge in [0.2, 0.25) is 0 Å². The van der Waals surface area contributed by atoms with Gasteiger partial charge in [-0.1, -0.05) is 49.4 Å². The van der Waals surface area contributed by atoms with Gasteiger partial charge in [-0.2, -0.15) is 0 Å². The smallest absolute Gasteiger partial charge is 0.0868 e. The monoisotopic (exact) mass is 310 g/mol. The Bertz CT molecular complexity index is 597. The lowest BCUT2D eigenvalue weighted by atomic mass is 10.0. The molecule has 0 radical (unpaired) electrons. The highest BCUT2D eigenvalue weighted by Gasteiger charge is 2.27. The molecule has 1 aliphatic heterocycles. The van der Waals surface area contributed by atoms with Crippen LogP contribution < -0.4 is 5.32 Å². The van der Waals surface area contributed by atoms with Crippen LogP contribution in [0.25, 0.3) is 0 Å². The first kappa shape index (κ1) is 16.0. The summed E-state index contributed by atoms with van der Waals surface area (Å²) in [5.41, 5.74) is 3.75. The van der Waals surface area contributed by atoms with Crippen molar-refractivity contribution in [3.05, 3.63) is 65.7 Å². The molecular formula is C20H26N2O. The van der Waals surface area contributed by atoms with E-state index in [2.05, 4.69) is 65.7 Å². The van der Waals surface area contributed by atoms with Crippen LogP contribution in [0.3, 0.4) is 0 Å². The molecule has 0 saturated carbocycles. The number of β-amino-alcohol motifs (C(OH)–C–C–N with tert-alkyl or cyclic N) is 1. The summed E-state index contributed by atoms with van der Waals surface area (Å²) in [5, 5.41) is 14.0. The van der Waals surface area contributed by atoms with Crippen molar-refractivity contribution in [3.8, 4) is 0 Å². The maximum Gasteiger partial charge on any atom is 0.0868 e. The van der Waals surface area contributed by atoms with Gasteiger partial charge < -0.3 is 10.4 Å². The van der Waals surface area contributed by atoms with Crippen molar-refractivity contribution in [2.75, 3.05) is 18.4 Å². The number of likely N-dealkylation sites (tertiary alicyclic amines) is 1. The number of nitrogens with one attached hydrogen (secondary N) is 1. The van der Waals surface area contributed by atoms with Gasteiger partial charge in [-0.3, -0.25) is 4.90 Å². The van der Waals surface area contributed by atoms with Crippen LogP contribution in [0, 0.1) is 0 Å². The lowest BCUT2D eigenvalue weighted by molar-refractivity contribution is 0.0562. The molecule has 0 spiro atoms. The topological polar surface area (TPSA) is 35.5 Å². The van der Waals surface area contributed by atoms with E-state index in [4.69, 9.17) is 0 Å². The Balaban J connectivity index is 1.53. The number of hydrogen-bond acceptors (Lipinski definition) is 3. The van der Waals surface area contributed by atoms with Crippen LogP contribution in [-0.4, -0.2) is 35.2 Å². The van der Waals surface area contributed by atoms with Gasteiger partial charge >= 0.3 is 0 Å². The fourth-order valence-corrected chi connectivity index (χ4v) is 3.20. The molecule has 0 aliphatic carbocycles. The van der Waals surface area contributed by atoms with Crippen LogP contribution in [0.5, 0.6) is 0 Å². The standard InChI is InChI=1S/C20H26N2O/c1-2-16-8-10-18(11-9-16)21-19-12-13-22(15-20(19)23)14-17-6-4-3-5-7-17/h3-11,19-21,23H,2,12-15H2,1H3/t19-,20-/m0/s1. The van der Waals surface area contributed by atoms with Crippen LogP contribution in [0.1, 0.15) is 24.5 Å². The maximum atomic E-state index is 10.5. The molecule has 1 heterocycles. The van der Waals surface area contributed by atoms with Crippen LogP contribution in [-0.2, 0) is 13.0 Å². The second kappa shape index (κ2) is 7.62. The average molecular weight is 310 g/mol. The van der Waals surface area contributed by atoms with E-state index in [1.165, 1.54) is 11.1 Å². The summed E-state index contributed by atoms with van der Waals surface area (Å²) < 4.78 is 0. The molecule has 2 aromatic carbocycles. The zero-order chi connectivity index (χ0) is 16.1. The Labute approximate surface area is 139 Å². The molecule has 3 heteroatoms. The van der Waals surface area contributed by atoms with Crippen molar-refractivity contribution < 1.29 is 5.11 Å². The van der Waals surface area contributed by atoms with Gasteiger partial charge in [-0.25, -0.2) is 0 Å². The van der Waals surface area contributed by atoms with Crippen molar-refractivity contribution in [2.45, 2.75) is 38.5 Å². The summed E-state index contributed by atoms with van der Waals surface area (Å²) >= 11 is 0. The van der Waals surface area contributed by atoms with E-state index < -0.39 is 0 Å². The molecular weight excluding hydrogens is 284 g/mol. The van der Waals surface area contributed by atoms with Crippen molar-refractivity contribution in [2.24, 2.45) is 0 Å². The number of benzene rings is 2. The Morgan fingerprint density at radius 3 is 2.43 bits per heavy atom. The van der Waals surface area contributed by atoms with E-state index in [1.54, 1.807) is 0 Å². The van der Waals surface area contributed by atoms with Crippen LogP contribution >= 0.6 is 0 Å². The van der Waals surface area contributed by atoms with Crippen LogP contribution in [0.4, 0.5) is 5.69 Å². The minimum absolute atomic E-state index is 0.134. The van der Waals surface area contributed by atoms with E-state index in [0.29, 0.717) is 0 Å². The van der Waals surface area contributed by atoms with Crippen LogP contribution in [0.2, 0.25) is 0 Å². The molecule has 1 fully saturated rings. The fourth-order valence-electron chi connectivity index (χ4n) is 3.20. The number of aryl methyl sites for hydroxylation is 1. The summed E-state index contributed by atoms with van der Waals surface area (Å²) in [7, 11) is 0. The highest BCUT2D eigenvalue weighted by atomic mass is 16.3. The molecule has 2 atom stereocenters. The lowest BCUT2D eigenvalue weighted by Crippen LogP contribution is -2.49. The van der Waals surface area contributed by atoms with Gasteiger partial charge in [0, 0.05) is 25.3 Å². The largest absolute Gasteiger partial charge is 0.390 e. The van der Waals surface area contributed by atoms with E-state index in [9.17, 15) is 5.11 Å². The predicted octanol–water partition coefficient (Wildman–Crippen LogP) is 3.30. The van der Waals surface area contributed by atoms with E-state index >= 15 is 0 Å². The summed E-state index contributed by atoms with van der Waals surface area (Å²) in [6.07, 6.45) is 1.68. The minimum atomic E-state index is -0.335. The molecule has 3 rings (SSSR count). The first-order valence-electron chi connectivity index (χ1n) is 8.54. The highest BCUT2D eigenvalue weighted by Crippen LogP contribution is 2.19. The zero-order valence-corrected chi connectivity index (χ0v) is 13.8. The first-order chi connectivity index (χ1) is 11.2. The van der Waals surface area contributed by atoms with Crippen molar-refractivity contribution >= 4 is 5.69 Å². The minimum Gasteiger partial charge on any atom is -0.390 e. The Kier molecular flexibility index (Phi) is 5.31. The number of anilines is 1. The Morgan fingerprint density at radius 1 is 1.04 bits per heavy atom. The summed E-state index contributed by atoms with van der Waals surface area (Å²) in [6.45, 7) is 4.81. The SMILES string of the molecule is CCc1ccc(N[C@H]2CCN(Cc3ccccc3)C[C@@H]2O)cc1. The third kappa shape index (κ3) is 4.34. The number of aliphatic hydroxyl groups excluding tert-OH is 1. The molecule has 122 valence electrons. The van der Waals surface area contributed by atoms with Crippen LogP contribution in [0.15, 0.2) is 54.6 Å². The molecule has 2 aromatic rings. The summed E-state index contributed by atoms with van der Waals surface area (Å²) in [5.74, 6) is 0. The fraction of sp³-hybridized carbons (Fsp3) is 0.400. The van der Waals surface area contributed by atoms with Crippen molar-refractivity contribution in [1.82, 2.24) is 4.90 Å². The molecule has 0 unspecified atom stereocenters. The summed E-state index contributed by atoms with van der Waals surface area (Å²) in [6, 6.07) is 19.1. The Morgan fingerprint density at radius 2 is 1.78 bits per heavy atom. The van der Waals surface area contributed by atoms with Crippen molar-refractivity contribution in [1.29, 1.82) is 0 Å². The molecule has 2 N–H and O–H groups in total. The molecule has 1 saturated heterocycles. The summed E-state index contributed by atoms with van der Waals surface area (Å²) in [4.78, 5) is 2.33. The highest BCUT2D eigenvalue weighted by molar-refractivity contribution is 5.45. The molecule has 0 aromatic heterocycles. The molecule has 1 aliphatic rings. The zero-order valence-electron chi connectivity index (χ0n) is 13.8. The van der Waals surface area contributed by atoms with E-state index in [0.717, 1.165) is 38.2 Å². The molecule has 23 heavy (non-hydrogen) atoms. The molecule has 0 bridgehead atoms. The van der Waals surface area contributed by atoms with E-state index in [-0.39, 0.29) is 12.1 Å². The first-order valence-corrected chi connectivity index (χ1v) is 8.54. The number of rotatable bonds is 5. The van der Waals surface area contributed by atoms with Crippen molar-refractivity contribution in [3.63, 3.8) is 0 Å². The van der Waals surface area contributed by atoms with Gasteiger partial charge in [0.25, 0.3) is 0 Å². The van der Waals surface area contributed by atoms with Gasteiger partial charge in [0.1, 0.15) is 0 Å². The van der Waals surface area contributed by atoms with Gasteiger partial charge in [-0.15, -0.1) is 0 Å². The van der Waals surface area contributed by atoms with Gasteiger partial charge in [0.05, 0.1) is 12.1 Å². The van der Waals surface area contributed by atoms with Gasteiger partial charge in [-0.05, 0) is 36.1 Å². The third-order valence-corrected chi connectivity index (χ3v) is 4.63. The lowest BCUT2D eigenvalue weighted by Gasteiger charge is -2.36. The average Bonchev–Trinajstić information content (AvgIpc) is 2.59. The number of nitrogens with zero attached hydrogens (tertiary/aromatic N) is 1. The molecule has 0 amide bonds. The number of hydrogen-bond donors (Lipinski definition) is 2. The predicted molar refractivity (Wildman–Crippen MR) is 95.6 cm³/mol. The second-order valence-corrected chi connectivity index (χ2v) is 6.38.